The van der Waals surface area contributed by atoms with Crippen LogP contribution < -0.4 is 10.6 Å². The fraction of sp³-hybridized carbons (Fsp3) is 0.400. The van der Waals surface area contributed by atoms with E-state index in [4.69, 9.17) is 9.97 Å². The lowest BCUT2D eigenvalue weighted by molar-refractivity contribution is 0.0963. The number of carbonyl (C=O) groups is 1. The van der Waals surface area contributed by atoms with E-state index >= 15 is 0 Å². The Labute approximate surface area is 158 Å². The third-order valence-electron chi connectivity index (χ3n) is 5.21. The molecule has 0 aliphatic heterocycles. The molecule has 3 aromatic rings. The first kappa shape index (κ1) is 17.5. The number of nitrogens with one attached hydrogen (secondary N) is 2. The van der Waals surface area contributed by atoms with Gasteiger partial charge in [-0.2, -0.15) is 5.10 Å². The first-order valence-corrected chi connectivity index (χ1v) is 9.40. The molecule has 2 heterocycles. The van der Waals surface area contributed by atoms with Crippen molar-refractivity contribution in [3.8, 4) is 0 Å². The van der Waals surface area contributed by atoms with Gasteiger partial charge in [0.1, 0.15) is 11.6 Å². The highest BCUT2D eigenvalue weighted by molar-refractivity contribution is 5.94. The number of carbonyl (C=O) groups excluding carboxylic acids is 1. The maximum atomic E-state index is 11.8. The van der Waals surface area contributed by atoms with Crippen molar-refractivity contribution in [3.63, 3.8) is 0 Å². The minimum atomic E-state index is -0.0861. The minimum Gasteiger partial charge on any atom is -0.365 e. The van der Waals surface area contributed by atoms with Crippen LogP contribution in [0.4, 0.5) is 5.82 Å². The third kappa shape index (κ3) is 3.49. The normalized spacial score (nSPS) is 14.6. The highest BCUT2D eigenvalue weighted by Crippen LogP contribution is 2.34. The van der Waals surface area contributed by atoms with Gasteiger partial charge in [-0.1, -0.05) is 25.0 Å². The molecule has 1 fully saturated rings. The lowest BCUT2D eigenvalue weighted by atomic mass is 10.1. The summed E-state index contributed by atoms with van der Waals surface area (Å²) in [4.78, 5) is 21.5. The fourth-order valence-corrected chi connectivity index (χ4v) is 3.69. The zero-order valence-electron chi connectivity index (χ0n) is 15.7. The predicted molar refractivity (Wildman–Crippen MR) is 105 cm³/mol. The number of aryl methyl sites for hydroxylation is 1. The summed E-state index contributed by atoms with van der Waals surface area (Å²) < 4.78 is 1.80. The molecule has 140 valence electrons. The Morgan fingerprint density at radius 2 is 2.07 bits per heavy atom. The van der Waals surface area contributed by atoms with Crippen LogP contribution in [0.2, 0.25) is 0 Å². The maximum absolute atomic E-state index is 11.8. The van der Waals surface area contributed by atoms with Crippen LogP contribution in [0.3, 0.4) is 0 Å². The van der Waals surface area contributed by atoms with Gasteiger partial charge in [0.05, 0.1) is 11.6 Å². The van der Waals surface area contributed by atoms with Gasteiger partial charge in [0.25, 0.3) is 5.91 Å². The van der Waals surface area contributed by atoms with Crippen LogP contribution in [0, 0.1) is 0 Å². The first-order valence-electron chi connectivity index (χ1n) is 9.40. The van der Waals surface area contributed by atoms with Crippen molar-refractivity contribution >= 4 is 22.8 Å². The number of fused-ring (bicyclic) bond motifs is 1. The Morgan fingerprint density at radius 1 is 1.26 bits per heavy atom. The standard InChI is InChI=1S/C20H24N6O/c1-21-20(27)15-9-5-6-13(10-15)11-22-18-16-12-23-26(2)19(16)25-17(24-18)14-7-3-4-8-14/h5-6,9-10,12,14H,3-4,7-8,11H2,1-2H3,(H,21,27)(H,22,24,25). The molecule has 0 saturated heterocycles. The van der Waals surface area contributed by atoms with E-state index < -0.39 is 0 Å². The van der Waals surface area contributed by atoms with Gasteiger partial charge in [-0.15, -0.1) is 0 Å². The summed E-state index contributed by atoms with van der Waals surface area (Å²) in [7, 11) is 3.54. The molecule has 2 aromatic heterocycles. The molecule has 1 amide bonds. The van der Waals surface area contributed by atoms with Gasteiger partial charge >= 0.3 is 0 Å². The van der Waals surface area contributed by atoms with Crippen LogP contribution >= 0.6 is 0 Å². The molecule has 2 N–H and O–H groups in total. The van der Waals surface area contributed by atoms with Gasteiger partial charge < -0.3 is 10.6 Å². The second-order valence-corrected chi connectivity index (χ2v) is 7.05. The molecule has 0 spiro atoms. The van der Waals surface area contributed by atoms with E-state index in [0.717, 1.165) is 41.1 Å². The van der Waals surface area contributed by atoms with Gasteiger partial charge in [0.2, 0.25) is 0 Å². The summed E-state index contributed by atoms with van der Waals surface area (Å²) in [6.07, 6.45) is 6.59. The van der Waals surface area contributed by atoms with Crippen LogP contribution in [0.15, 0.2) is 30.5 Å². The Hall–Kier alpha value is -2.96. The Morgan fingerprint density at radius 3 is 2.85 bits per heavy atom. The molecule has 0 atom stereocenters. The highest BCUT2D eigenvalue weighted by Gasteiger charge is 2.22. The van der Waals surface area contributed by atoms with Gasteiger partial charge in [-0.3, -0.25) is 9.48 Å². The molecule has 1 saturated carbocycles. The van der Waals surface area contributed by atoms with Crippen molar-refractivity contribution in [3.05, 3.63) is 47.4 Å². The van der Waals surface area contributed by atoms with Gasteiger partial charge in [-0.05, 0) is 30.5 Å². The van der Waals surface area contributed by atoms with E-state index in [1.165, 1.54) is 12.8 Å². The molecule has 7 heteroatoms. The van der Waals surface area contributed by atoms with Gasteiger partial charge in [-0.25, -0.2) is 9.97 Å². The molecular weight excluding hydrogens is 340 g/mol. The summed E-state index contributed by atoms with van der Waals surface area (Å²) in [6.45, 7) is 0.579. The second kappa shape index (κ2) is 7.34. The lowest BCUT2D eigenvalue weighted by Gasteiger charge is -2.13. The monoisotopic (exact) mass is 364 g/mol. The Bertz CT molecular complexity index is 974. The smallest absolute Gasteiger partial charge is 0.251 e. The molecule has 1 aromatic carbocycles. The summed E-state index contributed by atoms with van der Waals surface area (Å²) in [5.41, 5.74) is 2.53. The predicted octanol–water partition coefficient (Wildman–Crippen LogP) is 2.99. The van der Waals surface area contributed by atoms with E-state index in [2.05, 4.69) is 15.7 Å². The average Bonchev–Trinajstić information content (AvgIpc) is 3.36. The van der Waals surface area contributed by atoms with E-state index in [-0.39, 0.29) is 5.91 Å². The summed E-state index contributed by atoms with van der Waals surface area (Å²) in [5.74, 6) is 2.06. The molecular formula is C20H24N6O. The summed E-state index contributed by atoms with van der Waals surface area (Å²) >= 11 is 0. The van der Waals surface area contributed by atoms with E-state index in [0.29, 0.717) is 18.0 Å². The van der Waals surface area contributed by atoms with Crippen molar-refractivity contribution < 1.29 is 4.79 Å². The van der Waals surface area contributed by atoms with Crippen LogP contribution in [0.25, 0.3) is 11.0 Å². The maximum Gasteiger partial charge on any atom is 0.251 e. The van der Waals surface area contributed by atoms with Gasteiger partial charge in [0.15, 0.2) is 5.65 Å². The van der Waals surface area contributed by atoms with Crippen LogP contribution in [-0.4, -0.2) is 32.7 Å². The molecule has 0 radical (unpaired) electrons. The Kier molecular flexibility index (Phi) is 4.75. The number of anilines is 1. The number of nitrogens with zero attached hydrogens (tertiary/aromatic N) is 4. The zero-order chi connectivity index (χ0) is 18.8. The first-order chi connectivity index (χ1) is 13.2. The van der Waals surface area contributed by atoms with Crippen molar-refractivity contribution in [2.24, 2.45) is 7.05 Å². The molecule has 4 rings (SSSR count). The van der Waals surface area contributed by atoms with Crippen molar-refractivity contribution in [2.45, 2.75) is 38.1 Å². The molecule has 7 nitrogen and oxygen atoms in total. The van der Waals surface area contributed by atoms with E-state index in [1.54, 1.807) is 17.9 Å². The van der Waals surface area contributed by atoms with Gasteiger partial charge in [0, 0.05) is 32.1 Å². The van der Waals surface area contributed by atoms with E-state index in [9.17, 15) is 4.79 Å². The van der Waals surface area contributed by atoms with E-state index in [1.807, 2.05) is 31.3 Å². The number of aromatic nitrogens is 4. The zero-order valence-corrected chi connectivity index (χ0v) is 15.7. The number of hydrogen-bond donors (Lipinski definition) is 2. The number of hydrogen-bond acceptors (Lipinski definition) is 5. The molecule has 1 aliphatic carbocycles. The molecule has 0 bridgehead atoms. The highest BCUT2D eigenvalue weighted by atomic mass is 16.1. The van der Waals surface area contributed by atoms with Crippen LogP contribution in [0.1, 0.15) is 53.3 Å². The van der Waals surface area contributed by atoms with Crippen molar-refractivity contribution in [1.82, 2.24) is 25.1 Å². The van der Waals surface area contributed by atoms with Crippen molar-refractivity contribution in [1.29, 1.82) is 0 Å². The number of benzene rings is 1. The number of amides is 1. The fourth-order valence-electron chi connectivity index (χ4n) is 3.69. The molecule has 0 unspecified atom stereocenters. The SMILES string of the molecule is CNC(=O)c1cccc(CNc2nc(C3CCCC3)nc3c2cnn3C)c1. The second-order valence-electron chi connectivity index (χ2n) is 7.05. The lowest BCUT2D eigenvalue weighted by Crippen LogP contribution is -2.18. The summed E-state index contributed by atoms with van der Waals surface area (Å²) in [5, 5.41) is 11.4. The average molecular weight is 364 g/mol. The molecule has 1 aliphatic rings. The Balaban J connectivity index is 1.62. The molecule has 27 heavy (non-hydrogen) atoms. The van der Waals surface area contributed by atoms with Crippen LogP contribution in [0.5, 0.6) is 0 Å². The largest absolute Gasteiger partial charge is 0.365 e. The quantitative estimate of drug-likeness (QED) is 0.727. The summed E-state index contributed by atoms with van der Waals surface area (Å²) in [6, 6.07) is 7.60. The topological polar surface area (TPSA) is 84.7 Å². The third-order valence-corrected chi connectivity index (χ3v) is 5.21. The van der Waals surface area contributed by atoms with Crippen molar-refractivity contribution in [2.75, 3.05) is 12.4 Å². The minimum absolute atomic E-state index is 0.0861. The van der Waals surface area contributed by atoms with Crippen LogP contribution in [-0.2, 0) is 13.6 Å². The number of rotatable bonds is 5.